The number of nitrogens with zero attached hydrogens (tertiary/aromatic N) is 2. The van der Waals surface area contributed by atoms with Gasteiger partial charge in [-0.3, -0.25) is 4.79 Å². The lowest BCUT2D eigenvalue weighted by Gasteiger charge is -2.12. The number of hydrogen-bond acceptors (Lipinski definition) is 5. The van der Waals surface area contributed by atoms with Crippen LogP contribution in [0.3, 0.4) is 0 Å². The highest BCUT2D eigenvalue weighted by atomic mass is 35.5. The van der Waals surface area contributed by atoms with E-state index < -0.39 is 0 Å². The molecule has 0 radical (unpaired) electrons. The molecule has 0 aliphatic heterocycles. The molecule has 0 unspecified atom stereocenters. The van der Waals surface area contributed by atoms with Crippen molar-refractivity contribution in [3.05, 3.63) is 45.0 Å². The first kappa shape index (κ1) is 17.5. The van der Waals surface area contributed by atoms with Crippen LogP contribution < -0.4 is 10.1 Å². The number of amides is 1. The summed E-state index contributed by atoms with van der Waals surface area (Å²) in [6.45, 7) is -0.152. The van der Waals surface area contributed by atoms with E-state index in [9.17, 15) is 4.79 Å². The summed E-state index contributed by atoms with van der Waals surface area (Å²) in [7, 11) is 0. The van der Waals surface area contributed by atoms with Crippen LogP contribution in [0.5, 0.6) is 5.88 Å². The van der Waals surface area contributed by atoms with Gasteiger partial charge in [-0.2, -0.15) is 0 Å². The van der Waals surface area contributed by atoms with E-state index in [1.165, 1.54) is 23.2 Å². The van der Waals surface area contributed by atoms with Crippen LogP contribution in [-0.2, 0) is 17.6 Å². The smallest absolute Gasteiger partial charge is 0.262 e. The van der Waals surface area contributed by atoms with E-state index in [2.05, 4.69) is 15.3 Å². The molecule has 1 aromatic carbocycles. The molecule has 2 aromatic heterocycles. The van der Waals surface area contributed by atoms with Crippen molar-refractivity contribution in [2.24, 2.45) is 0 Å². The van der Waals surface area contributed by atoms with Gasteiger partial charge in [-0.25, -0.2) is 9.97 Å². The molecule has 0 saturated heterocycles. The maximum Gasteiger partial charge on any atom is 0.262 e. The lowest BCUT2D eigenvalue weighted by molar-refractivity contribution is -0.118. The summed E-state index contributed by atoms with van der Waals surface area (Å²) < 4.78 is 5.72. The van der Waals surface area contributed by atoms with Crippen LogP contribution in [0.15, 0.2) is 24.5 Å². The first-order chi connectivity index (χ1) is 12.6. The normalized spacial score (nSPS) is 13.5. The Morgan fingerprint density at radius 1 is 1.15 bits per heavy atom. The van der Waals surface area contributed by atoms with Crippen LogP contribution in [0.25, 0.3) is 10.2 Å². The fraction of sp³-hybridized carbons (Fsp3) is 0.278. The number of carbonyl (C=O) groups is 1. The van der Waals surface area contributed by atoms with Gasteiger partial charge in [-0.05, 0) is 49.4 Å². The minimum Gasteiger partial charge on any atom is -0.467 e. The number of thiophene rings is 1. The summed E-state index contributed by atoms with van der Waals surface area (Å²) in [6, 6.07) is 4.86. The highest BCUT2D eigenvalue weighted by molar-refractivity contribution is 7.18. The minimum atomic E-state index is -0.306. The molecule has 0 atom stereocenters. The van der Waals surface area contributed by atoms with Gasteiger partial charge in [0.2, 0.25) is 5.88 Å². The van der Waals surface area contributed by atoms with Gasteiger partial charge in [0.25, 0.3) is 5.91 Å². The maximum absolute atomic E-state index is 12.2. The Morgan fingerprint density at radius 3 is 2.73 bits per heavy atom. The average molecular weight is 408 g/mol. The van der Waals surface area contributed by atoms with Crippen LogP contribution in [0.1, 0.15) is 23.3 Å². The summed E-state index contributed by atoms with van der Waals surface area (Å²) in [5.74, 6) is 0.160. The number of carbonyl (C=O) groups excluding carboxylic acids is 1. The summed E-state index contributed by atoms with van der Waals surface area (Å²) in [5, 5.41) is 4.58. The SMILES string of the molecule is O=C(COc1ncnc2sc3c(c12)CCCC3)Nc1cc(Cl)cc(Cl)c1. The van der Waals surface area contributed by atoms with Gasteiger partial charge in [-0.15, -0.1) is 11.3 Å². The molecular weight excluding hydrogens is 393 g/mol. The first-order valence-electron chi connectivity index (χ1n) is 8.24. The van der Waals surface area contributed by atoms with Crippen LogP contribution in [0.2, 0.25) is 10.0 Å². The Labute approximate surface area is 164 Å². The Balaban J connectivity index is 1.51. The quantitative estimate of drug-likeness (QED) is 0.668. The van der Waals surface area contributed by atoms with Crippen molar-refractivity contribution in [3.63, 3.8) is 0 Å². The van der Waals surface area contributed by atoms with Gasteiger partial charge >= 0.3 is 0 Å². The second-order valence-corrected chi connectivity index (χ2v) is 8.02. The second-order valence-electron chi connectivity index (χ2n) is 6.06. The van der Waals surface area contributed by atoms with Crippen molar-refractivity contribution in [1.82, 2.24) is 9.97 Å². The van der Waals surface area contributed by atoms with Gasteiger partial charge in [0.1, 0.15) is 11.2 Å². The number of aryl methyl sites for hydroxylation is 2. The summed E-state index contributed by atoms with van der Waals surface area (Å²) in [5.41, 5.74) is 1.80. The molecule has 26 heavy (non-hydrogen) atoms. The summed E-state index contributed by atoms with van der Waals surface area (Å²) in [6.07, 6.45) is 5.92. The van der Waals surface area contributed by atoms with E-state index in [-0.39, 0.29) is 12.5 Å². The minimum absolute atomic E-state index is 0.152. The molecule has 1 aliphatic rings. The van der Waals surface area contributed by atoms with Crippen LogP contribution in [0, 0.1) is 0 Å². The van der Waals surface area contributed by atoms with Gasteiger partial charge in [-0.1, -0.05) is 23.2 Å². The molecule has 8 heteroatoms. The zero-order valence-electron chi connectivity index (χ0n) is 13.7. The van der Waals surface area contributed by atoms with Crippen molar-refractivity contribution in [3.8, 4) is 5.88 Å². The van der Waals surface area contributed by atoms with Crippen LogP contribution in [-0.4, -0.2) is 22.5 Å². The van der Waals surface area contributed by atoms with E-state index in [0.29, 0.717) is 21.6 Å². The number of benzene rings is 1. The van der Waals surface area contributed by atoms with Gasteiger partial charge in [0, 0.05) is 20.6 Å². The molecule has 0 saturated carbocycles. The molecule has 1 N–H and O–H groups in total. The first-order valence-corrected chi connectivity index (χ1v) is 9.81. The number of hydrogen-bond donors (Lipinski definition) is 1. The lowest BCUT2D eigenvalue weighted by Crippen LogP contribution is -2.20. The number of rotatable bonds is 4. The van der Waals surface area contributed by atoms with Crippen LogP contribution >= 0.6 is 34.5 Å². The monoisotopic (exact) mass is 407 g/mol. The molecule has 0 spiro atoms. The van der Waals surface area contributed by atoms with Crippen molar-refractivity contribution < 1.29 is 9.53 Å². The molecule has 2 heterocycles. The van der Waals surface area contributed by atoms with Crippen LogP contribution in [0.4, 0.5) is 5.69 Å². The Kier molecular flexibility index (Phi) is 4.98. The second kappa shape index (κ2) is 7.39. The number of fused-ring (bicyclic) bond motifs is 3. The van der Waals surface area contributed by atoms with Crippen molar-refractivity contribution >= 4 is 56.3 Å². The fourth-order valence-corrected chi connectivity index (χ4v) is 4.87. The summed E-state index contributed by atoms with van der Waals surface area (Å²) >= 11 is 13.6. The van der Waals surface area contributed by atoms with E-state index in [1.54, 1.807) is 29.5 Å². The Morgan fingerprint density at radius 2 is 1.92 bits per heavy atom. The molecular formula is C18H15Cl2N3O2S. The molecule has 4 rings (SSSR count). The summed E-state index contributed by atoms with van der Waals surface area (Å²) in [4.78, 5) is 23.1. The number of aromatic nitrogens is 2. The van der Waals surface area contributed by atoms with Crippen molar-refractivity contribution in [1.29, 1.82) is 0 Å². The van der Waals surface area contributed by atoms with E-state index in [0.717, 1.165) is 29.5 Å². The molecule has 1 amide bonds. The molecule has 1 aliphatic carbocycles. The Hall–Kier alpha value is -1.89. The van der Waals surface area contributed by atoms with Gasteiger partial charge < -0.3 is 10.1 Å². The zero-order valence-corrected chi connectivity index (χ0v) is 16.0. The predicted octanol–water partition coefficient (Wildman–Crippen LogP) is 4.89. The van der Waals surface area contributed by atoms with Gasteiger partial charge in [0.05, 0.1) is 5.39 Å². The maximum atomic E-state index is 12.2. The van der Waals surface area contributed by atoms with Crippen molar-refractivity contribution in [2.45, 2.75) is 25.7 Å². The molecule has 3 aromatic rings. The zero-order chi connectivity index (χ0) is 18.1. The average Bonchev–Trinajstić information content (AvgIpc) is 2.98. The fourth-order valence-electron chi connectivity index (χ4n) is 3.13. The molecule has 0 fully saturated rings. The third-order valence-corrected chi connectivity index (χ3v) is 5.84. The standard InChI is InChI=1S/C18H15Cl2N3O2S/c19-10-5-11(20)7-12(6-10)23-15(24)8-25-17-16-13-3-1-2-4-14(13)26-18(16)22-9-21-17/h5-7,9H,1-4,8H2,(H,23,24). The molecule has 5 nitrogen and oxygen atoms in total. The Bertz CT molecular complexity index is 970. The predicted molar refractivity (Wildman–Crippen MR) is 105 cm³/mol. The number of anilines is 1. The van der Waals surface area contributed by atoms with E-state index >= 15 is 0 Å². The highest BCUT2D eigenvalue weighted by Crippen LogP contribution is 2.38. The largest absolute Gasteiger partial charge is 0.467 e. The van der Waals surface area contributed by atoms with Gasteiger partial charge in [0.15, 0.2) is 6.61 Å². The van der Waals surface area contributed by atoms with E-state index in [1.807, 2.05) is 0 Å². The topological polar surface area (TPSA) is 64.1 Å². The number of halogens is 2. The number of nitrogens with one attached hydrogen (secondary N) is 1. The van der Waals surface area contributed by atoms with Crippen molar-refractivity contribution in [2.75, 3.05) is 11.9 Å². The lowest BCUT2D eigenvalue weighted by atomic mass is 9.97. The van der Waals surface area contributed by atoms with E-state index in [4.69, 9.17) is 27.9 Å². The third-order valence-electron chi connectivity index (χ3n) is 4.20. The molecule has 0 bridgehead atoms. The third kappa shape index (κ3) is 3.63. The number of ether oxygens (including phenoxy) is 1. The molecule has 134 valence electrons. The highest BCUT2D eigenvalue weighted by Gasteiger charge is 2.21.